The number of aromatic nitrogens is 1. The molecular weight excluding hydrogens is 313 g/mol. The lowest BCUT2D eigenvalue weighted by Crippen LogP contribution is -2.09. The van der Waals surface area contributed by atoms with Gasteiger partial charge < -0.3 is 14.4 Å². The molecule has 0 saturated heterocycles. The third kappa shape index (κ3) is 2.73. The Hall–Kier alpha value is -2.60. The Bertz CT molecular complexity index is 845. The normalized spacial score (nSPS) is 10.8. The first-order valence-electron chi connectivity index (χ1n) is 6.24. The Morgan fingerprint density at radius 3 is 2.73 bits per heavy atom. The summed E-state index contributed by atoms with van der Waals surface area (Å²) in [4.78, 5) is 10.6. The van der Waals surface area contributed by atoms with Gasteiger partial charge in [-0.3, -0.25) is 0 Å². The number of ether oxygens (including phenoxy) is 1. The molecule has 7 heteroatoms. The molecule has 22 heavy (non-hydrogen) atoms. The Morgan fingerprint density at radius 1 is 1.32 bits per heavy atom. The highest BCUT2D eigenvalue weighted by Crippen LogP contribution is 2.35. The second-order valence-corrected chi connectivity index (χ2v) is 4.91. The molecule has 0 bridgehead atoms. The maximum Gasteiger partial charge on any atom is 0.341 e. The van der Waals surface area contributed by atoms with Gasteiger partial charge in [-0.1, -0.05) is 16.8 Å². The summed E-state index contributed by atoms with van der Waals surface area (Å²) in [7, 11) is 0. The number of carboxylic acid groups (broad SMARTS) is 1. The molecule has 0 amide bonds. The first kappa shape index (κ1) is 14.3. The molecule has 0 aliphatic rings. The molecule has 0 radical (unpaired) electrons. The van der Waals surface area contributed by atoms with Crippen LogP contribution in [0.3, 0.4) is 0 Å². The minimum absolute atomic E-state index is 0.249. The van der Waals surface area contributed by atoms with Crippen LogP contribution in [0.1, 0.15) is 0 Å². The lowest BCUT2D eigenvalue weighted by atomic mass is 10.1. The van der Waals surface area contributed by atoms with Gasteiger partial charge >= 0.3 is 5.97 Å². The number of hydrogen-bond acceptors (Lipinski definition) is 4. The number of nitrogens with zero attached hydrogens (tertiary/aromatic N) is 1. The minimum atomic E-state index is -1.10. The van der Waals surface area contributed by atoms with E-state index in [1.165, 1.54) is 18.2 Å². The van der Waals surface area contributed by atoms with Crippen molar-refractivity contribution in [3.8, 4) is 17.0 Å². The summed E-state index contributed by atoms with van der Waals surface area (Å²) in [5.74, 6) is -1.17. The molecule has 3 rings (SSSR count). The summed E-state index contributed by atoms with van der Waals surface area (Å²) >= 11 is 6.08. The molecule has 0 spiro atoms. The predicted octanol–water partition coefficient (Wildman–Crippen LogP) is 3.75. The number of carbonyl (C=O) groups is 1. The van der Waals surface area contributed by atoms with Crippen LogP contribution in [-0.2, 0) is 4.79 Å². The standard InChI is InChI=1S/C15H9ClFNO4/c16-12-6-10(21-7-13(19)20)5-11-14(18-22-15(11)12)8-1-3-9(17)4-2-8/h1-6H,7H2,(H,19,20). The average molecular weight is 322 g/mol. The first-order valence-corrected chi connectivity index (χ1v) is 6.62. The fraction of sp³-hybridized carbons (Fsp3) is 0.0667. The highest BCUT2D eigenvalue weighted by atomic mass is 35.5. The van der Waals surface area contributed by atoms with Crippen molar-refractivity contribution in [2.24, 2.45) is 0 Å². The van der Waals surface area contributed by atoms with Crippen molar-refractivity contribution in [2.75, 3.05) is 6.61 Å². The van der Waals surface area contributed by atoms with E-state index in [4.69, 9.17) is 26.0 Å². The van der Waals surface area contributed by atoms with Crippen molar-refractivity contribution in [1.29, 1.82) is 0 Å². The van der Waals surface area contributed by atoms with Crippen molar-refractivity contribution in [3.63, 3.8) is 0 Å². The van der Waals surface area contributed by atoms with Crippen LogP contribution >= 0.6 is 11.6 Å². The topological polar surface area (TPSA) is 72.6 Å². The van der Waals surface area contributed by atoms with Crippen LogP contribution in [0.25, 0.3) is 22.2 Å². The first-order chi connectivity index (χ1) is 10.5. The molecule has 0 aliphatic heterocycles. The van der Waals surface area contributed by atoms with E-state index >= 15 is 0 Å². The molecule has 0 saturated carbocycles. The third-order valence-electron chi connectivity index (χ3n) is 2.98. The largest absolute Gasteiger partial charge is 0.482 e. The van der Waals surface area contributed by atoms with E-state index in [9.17, 15) is 9.18 Å². The predicted molar refractivity (Wildman–Crippen MR) is 77.5 cm³/mol. The number of halogens is 2. The Kier molecular flexibility index (Phi) is 3.68. The molecule has 2 aromatic carbocycles. The van der Waals surface area contributed by atoms with Gasteiger partial charge in [-0.15, -0.1) is 0 Å². The van der Waals surface area contributed by atoms with E-state index in [0.717, 1.165) is 0 Å². The summed E-state index contributed by atoms with van der Waals surface area (Å²) < 4.78 is 23.3. The highest BCUT2D eigenvalue weighted by molar-refractivity contribution is 6.35. The molecule has 1 N–H and O–H groups in total. The summed E-state index contributed by atoms with van der Waals surface area (Å²) in [6.45, 7) is -0.487. The van der Waals surface area contributed by atoms with Crippen LogP contribution in [0, 0.1) is 5.82 Å². The van der Waals surface area contributed by atoms with E-state index in [1.54, 1.807) is 18.2 Å². The van der Waals surface area contributed by atoms with Gasteiger partial charge in [0.2, 0.25) is 0 Å². The van der Waals surface area contributed by atoms with Gasteiger partial charge in [-0.2, -0.15) is 0 Å². The van der Waals surface area contributed by atoms with Crippen LogP contribution in [0.5, 0.6) is 5.75 Å². The zero-order valence-corrected chi connectivity index (χ0v) is 11.8. The summed E-state index contributed by atoms with van der Waals surface area (Å²) in [6.07, 6.45) is 0. The Labute approximate surface area is 128 Å². The van der Waals surface area contributed by atoms with Crippen LogP contribution < -0.4 is 4.74 Å². The number of aliphatic carboxylic acids is 1. The average Bonchev–Trinajstić information content (AvgIpc) is 2.90. The van der Waals surface area contributed by atoms with Gasteiger partial charge in [0, 0.05) is 11.6 Å². The van der Waals surface area contributed by atoms with E-state index in [-0.39, 0.29) is 16.6 Å². The summed E-state index contributed by atoms with van der Waals surface area (Å²) in [5.41, 5.74) is 1.47. The van der Waals surface area contributed by atoms with Gasteiger partial charge in [0.25, 0.3) is 0 Å². The second-order valence-electron chi connectivity index (χ2n) is 4.50. The molecule has 1 heterocycles. The van der Waals surface area contributed by atoms with Gasteiger partial charge in [0.1, 0.15) is 17.3 Å². The SMILES string of the molecule is O=C(O)COc1cc(Cl)c2onc(-c3ccc(F)cc3)c2c1. The fourth-order valence-electron chi connectivity index (χ4n) is 2.02. The fourth-order valence-corrected chi connectivity index (χ4v) is 2.27. The monoisotopic (exact) mass is 321 g/mol. The zero-order valence-electron chi connectivity index (χ0n) is 11.0. The van der Waals surface area contributed by atoms with E-state index in [1.807, 2.05) is 0 Å². The quantitative estimate of drug-likeness (QED) is 0.792. The maximum atomic E-state index is 13.0. The van der Waals surface area contributed by atoms with Crippen molar-refractivity contribution in [1.82, 2.24) is 5.16 Å². The molecule has 0 aliphatic carbocycles. The van der Waals surface area contributed by atoms with E-state index in [2.05, 4.69) is 5.16 Å². The highest BCUT2D eigenvalue weighted by Gasteiger charge is 2.15. The molecule has 0 fully saturated rings. The summed E-state index contributed by atoms with van der Waals surface area (Å²) in [6, 6.07) is 8.77. The molecule has 0 unspecified atom stereocenters. The lowest BCUT2D eigenvalue weighted by molar-refractivity contribution is -0.139. The van der Waals surface area contributed by atoms with Crippen molar-refractivity contribution < 1.29 is 23.6 Å². The zero-order chi connectivity index (χ0) is 15.7. The molecule has 5 nitrogen and oxygen atoms in total. The van der Waals surface area contributed by atoms with Crippen LogP contribution in [0.15, 0.2) is 40.9 Å². The van der Waals surface area contributed by atoms with Crippen molar-refractivity contribution in [3.05, 3.63) is 47.2 Å². The lowest BCUT2D eigenvalue weighted by Gasteiger charge is -2.04. The van der Waals surface area contributed by atoms with E-state index in [0.29, 0.717) is 22.2 Å². The number of hydrogen-bond donors (Lipinski definition) is 1. The van der Waals surface area contributed by atoms with Crippen LogP contribution in [0.4, 0.5) is 4.39 Å². The number of fused-ring (bicyclic) bond motifs is 1. The molecular formula is C15H9ClFNO4. The van der Waals surface area contributed by atoms with Gasteiger partial charge in [0.15, 0.2) is 12.2 Å². The van der Waals surface area contributed by atoms with Crippen molar-refractivity contribution in [2.45, 2.75) is 0 Å². The summed E-state index contributed by atoms with van der Waals surface area (Å²) in [5, 5.41) is 13.4. The van der Waals surface area contributed by atoms with Gasteiger partial charge in [-0.25, -0.2) is 9.18 Å². The maximum absolute atomic E-state index is 13.0. The molecule has 112 valence electrons. The Morgan fingerprint density at radius 2 is 2.05 bits per heavy atom. The second kappa shape index (κ2) is 5.65. The van der Waals surface area contributed by atoms with Crippen LogP contribution in [-0.4, -0.2) is 22.8 Å². The van der Waals surface area contributed by atoms with Gasteiger partial charge in [-0.05, 0) is 30.3 Å². The van der Waals surface area contributed by atoms with E-state index < -0.39 is 12.6 Å². The molecule has 3 aromatic rings. The van der Waals surface area contributed by atoms with Crippen LogP contribution in [0.2, 0.25) is 5.02 Å². The molecule has 0 atom stereocenters. The number of rotatable bonds is 4. The molecule has 1 aromatic heterocycles. The van der Waals surface area contributed by atoms with Gasteiger partial charge in [0.05, 0.1) is 10.4 Å². The smallest absolute Gasteiger partial charge is 0.341 e. The Balaban J connectivity index is 2.08. The van der Waals surface area contributed by atoms with Crippen molar-refractivity contribution >= 4 is 28.5 Å². The minimum Gasteiger partial charge on any atom is -0.482 e. The number of carboxylic acids is 1. The third-order valence-corrected chi connectivity index (χ3v) is 3.26. The number of benzene rings is 2.